The Balaban J connectivity index is 2.89. The summed E-state index contributed by atoms with van der Waals surface area (Å²) < 4.78 is 0. The van der Waals surface area contributed by atoms with Crippen LogP contribution in [0, 0.1) is 0 Å². The molecule has 0 aromatic heterocycles. The Morgan fingerprint density at radius 1 is 1.43 bits per heavy atom. The van der Waals surface area contributed by atoms with Crippen LogP contribution in [0.3, 0.4) is 0 Å². The van der Waals surface area contributed by atoms with Gasteiger partial charge in [0, 0.05) is 10.6 Å². The zero-order valence-electron chi connectivity index (χ0n) is 7.67. The fourth-order valence-electron chi connectivity index (χ4n) is 1.05. The first-order valence-electron chi connectivity index (χ1n) is 4.30. The summed E-state index contributed by atoms with van der Waals surface area (Å²) in [6.07, 6.45) is 4.87. The summed E-state index contributed by atoms with van der Waals surface area (Å²) in [6, 6.07) is 7.47. The molecule has 4 heteroatoms. The summed E-state index contributed by atoms with van der Waals surface area (Å²) in [6.45, 7) is 0. The number of allylic oxidation sites excluding steroid dienone is 1. The van der Waals surface area contributed by atoms with Crippen LogP contribution in [0.25, 0.3) is 16.5 Å². The van der Waals surface area contributed by atoms with E-state index < -0.39 is 0 Å². The highest BCUT2D eigenvalue weighted by Gasteiger charge is 1.93. The van der Waals surface area contributed by atoms with E-state index in [0.29, 0.717) is 5.69 Å². The first-order chi connectivity index (χ1) is 6.88. The van der Waals surface area contributed by atoms with Gasteiger partial charge < -0.3 is 0 Å². The van der Waals surface area contributed by atoms with E-state index in [0.717, 1.165) is 17.7 Å². The molecule has 1 aromatic carbocycles. The molecule has 0 bridgehead atoms. The minimum atomic E-state index is 0.658. The molecule has 0 saturated carbocycles. The van der Waals surface area contributed by atoms with E-state index in [9.17, 15) is 0 Å². The Morgan fingerprint density at radius 3 is 2.93 bits per heavy atom. The van der Waals surface area contributed by atoms with Crippen molar-refractivity contribution in [3.8, 4) is 0 Å². The number of nitrogens with zero attached hydrogens (tertiary/aromatic N) is 3. The lowest BCUT2D eigenvalue weighted by Gasteiger charge is -1.97. The molecule has 0 spiro atoms. The van der Waals surface area contributed by atoms with Gasteiger partial charge >= 0.3 is 0 Å². The molecule has 0 fully saturated rings. The highest BCUT2D eigenvalue weighted by Crippen LogP contribution is 2.20. The van der Waals surface area contributed by atoms with Gasteiger partial charge in [-0.05, 0) is 23.3 Å². The summed E-state index contributed by atoms with van der Waals surface area (Å²) >= 11 is 4.10. The van der Waals surface area contributed by atoms with Crippen LogP contribution in [-0.2, 0) is 0 Å². The highest BCUT2D eigenvalue weighted by atomic mass is 32.1. The van der Waals surface area contributed by atoms with Crippen molar-refractivity contribution in [2.45, 2.75) is 6.42 Å². The molecular weight excluding hydrogens is 194 g/mol. The van der Waals surface area contributed by atoms with Crippen molar-refractivity contribution in [2.75, 3.05) is 5.75 Å². The maximum atomic E-state index is 8.34. The zero-order chi connectivity index (χ0) is 10.2. The second-order valence-electron chi connectivity index (χ2n) is 2.66. The molecule has 0 saturated heterocycles. The van der Waals surface area contributed by atoms with Crippen LogP contribution >= 0.6 is 12.6 Å². The molecule has 0 radical (unpaired) electrons. The summed E-state index contributed by atoms with van der Waals surface area (Å²) in [5.74, 6) is 0.820. The Labute approximate surface area is 88.5 Å². The molecule has 3 nitrogen and oxygen atoms in total. The van der Waals surface area contributed by atoms with E-state index in [1.54, 1.807) is 6.07 Å². The molecule has 14 heavy (non-hydrogen) atoms. The van der Waals surface area contributed by atoms with Crippen molar-refractivity contribution in [3.63, 3.8) is 0 Å². The maximum absolute atomic E-state index is 8.34. The van der Waals surface area contributed by atoms with E-state index in [1.807, 2.05) is 30.4 Å². The van der Waals surface area contributed by atoms with Gasteiger partial charge in [-0.2, -0.15) is 12.6 Å². The number of hydrogen-bond acceptors (Lipinski definition) is 2. The van der Waals surface area contributed by atoms with E-state index >= 15 is 0 Å². The van der Waals surface area contributed by atoms with Crippen molar-refractivity contribution in [2.24, 2.45) is 5.11 Å². The topological polar surface area (TPSA) is 48.8 Å². The van der Waals surface area contributed by atoms with Crippen LogP contribution in [-0.4, -0.2) is 5.75 Å². The molecule has 0 heterocycles. The summed E-state index contributed by atoms with van der Waals surface area (Å²) in [5, 5.41) is 3.60. The van der Waals surface area contributed by atoms with Crippen molar-refractivity contribution in [1.29, 1.82) is 0 Å². The van der Waals surface area contributed by atoms with Crippen molar-refractivity contribution < 1.29 is 0 Å². The molecule has 1 rings (SSSR count). The fraction of sp³-hybridized carbons (Fsp3) is 0.200. The molecule has 0 unspecified atom stereocenters. The molecule has 0 atom stereocenters. The maximum Gasteiger partial charge on any atom is 0.0447 e. The summed E-state index contributed by atoms with van der Waals surface area (Å²) in [7, 11) is 0. The predicted octanol–water partition coefficient (Wildman–Crippen LogP) is 3.96. The smallest absolute Gasteiger partial charge is 0.0447 e. The SMILES string of the molecule is [N-]=[N+]=Nc1ccccc1C=CCCS. The third kappa shape index (κ3) is 3.17. The number of thiol groups is 1. The van der Waals surface area contributed by atoms with Gasteiger partial charge in [0.2, 0.25) is 0 Å². The second kappa shape index (κ2) is 6.13. The molecule has 0 amide bonds. The molecule has 0 aliphatic rings. The summed E-state index contributed by atoms with van der Waals surface area (Å²) in [4.78, 5) is 2.77. The van der Waals surface area contributed by atoms with E-state index in [-0.39, 0.29) is 0 Å². The first kappa shape index (κ1) is 10.7. The predicted molar refractivity (Wildman–Crippen MR) is 62.8 cm³/mol. The van der Waals surface area contributed by atoms with Gasteiger partial charge in [0.1, 0.15) is 0 Å². The first-order valence-corrected chi connectivity index (χ1v) is 4.93. The number of benzene rings is 1. The number of rotatable bonds is 4. The van der Waals surface area contributed by atoms with Crippen molar-refractivity contribution in [3.05, 3.63) is 46.3 Å². The molecule has 1 aromatic rings. The highest BCUT2D eigenvalue weighted by molar-refractivity contribution is 7.80. The Hall–Kier alpha value is -1.38. The minimum Gasteiger partial charge on any atom is -0.179 e. The lowest BCUT2D eigenvalue weighted by molar-refractivity contribution is 1.26. The van der Waals surface area contributed by atoms with Crippen molar-refractivity contribution in [1.82, 2.24) is 0 Å². The van der Waals surface area contributed by atoms with Gasteiger partial charge in [-0.15, -0.1) is 0 Å². The fourth-order valence-corrected chi connectivity index (χ4v) is 1.20. The van der Waals surface area contributed by atoms with E-state index in [2.05, 4.69) is 22.7 Å². The van der Waals surface area contributed by atoms with E-state index in [1.165, 1.54) is 0 Å². The molecule has 72 valence electrons. The van der Waals surface area contributed by atoms with Gasteiger partial charge in [0.05, 0.1) is 0 Å². The zero-order valence-corrected chi connectivity index (χ0v) is 8.56. The quantitative estimate of drug-likeness (QED) is 0.335. The van der Waals surface area contributed by atoms with Crippen LogP contribution in [0.1, 0.15) is 12.0 Å². The number of azide groups is 1. The molecule has 0 aliphatic carbocycles. The Kier molecular flexibility index (Phi) is 4.69. The molecule has 0 aliphatic heterocycles. The third-order valence-electron chi connectivity index (χ3n) is 1.68. The summed E-state index contributed by atoms with van der Waals surface area (Å²) in [5.41, 5.74) is 9.93. The molecule has 0 N–H and O–H groups in total. The second-order valence-corrected chi connectivity index (χ2v) is 3.11. The Morgan fingerprint density at radius 2 is 2.21 bits per heavy atom. The lowest BCUT2D eigenvalue weighted by Crippen LogP contribution is -1.73. The third-order valence-corrected chi connectivity index (χ3v) is 1.94. The van der Waals surface area contributed by atoms with Crippen LogP contribution in [0.2, 0.25) is 0 Å². The minimum absolute atomic E-state index is 0.658. The van der Waals surface area contributed by atoms with Gasteiger partial charge in [0.25, 0.3) is 0 Å². The van der Waals surface area contributed by atoms with Crippen LogP contribution in [0.5, 0.6) is 0 Å². The lowest BCUT2D eigenvalue weighted by atomic mass is 10.1. The normalized spacial score (nSPS) is 10.1. The standard InChI is InChI=1S/C10H11N3S/c11-13-12-10-7-2-1-5-9(10)6-3-4-8-14/h1-3,5-7,14H,4,8H2. The molecular formula is C10H11N3S. The average Bonchev–Trinajstić information content (AvgIpc) is 2.21. The Bertz CT molecular complexity index is 367. The van der Waals surface area contributed by atoms with E-state index in [4.69, 9.17) is 5.53 Å². The van der Waals surface area contributed by atoms with Crippen LogP contribution in [0.15, 0.2) is 35.5 Å². The monoisotopic (exact) mass is 205 g/mol. The average molecular weight is 205 g/mol. The van der Waals surface area contributed by atoms with Gasteiger partial charge in [-0.25, -0.2) is 0 Å². The largest absolute Gasteiger partial charge is 0.179 e. The van der Waals surface area contributed by atoms with Gasteiger partial charge in [0.15, 0.2) is 0 Å². The van der Waals surface area contributed by atoms with Crippen molar-refractivity contribution >= 4 is 24.4 Å². The van der Waals surface area contributed by atoms with Crippen LogP contribution in [0.4, 0.5) is 5.69 Å². The van der Waals surface area contributed by atoms with Gasteiger partial charge in [-0.1, -0.05) is 41.5 Å². The van der Waals surface area contributed by atoms with Crippen LogP contribution < -0.4 is 0 Å². The number of hydrogen-bond donors (Lipinski definition) is 1. The van der Waals surface area contributed by atoms with Gasteiger partial charge in [-0.3, -0.25) is 0 Å².